The summed E-state index contributed by atoms with van der Waals surface area (Å²) in [4.78, 5) is 20.9. The lowest BCUT2D eigenvalue weighted by atomic mass is 9.91. The van der Waals surface area contributed by atoms with Crippen LogP contribution >= 0.6 is 0 Å². The first-order chi connectivity index (χ1) is 12.3. The Balaban J connectivity index is 1.49. The molecule has 5 heteroatoms. The Morgan fingerprint density at radius 1 is 1.12 bits per heavy atom. The Labute approximate surface area is 148 Å². The van der Waals surface area contributed by atoms with Crippen LogP contribution in [-0.2, 0) is 4.79 Å². The minimum Gasteiger partial charge on any atom is -0.460 e. The second-order valence-corrected chi connectivity index (χ2v) is 6.50. The predicted molar refractivity (Wildman–Crippen MR) is 96.3 cm³/mol. The first-order valence-electron chi connectivity index (χ1n) is 9.05. The van der Waals surface area contributed by atoms with Crippen LogP contribution in [0.4, 0.5) is 0 Å². The van der Waals surface area contributed by atoms with Gasteiger partial charge in [-0.05, 0) is 43.7 Å². The Hall–Kier alpha value is -2.43. The van der Waals surface area contributed by atoms with E-state index in [1.165, 1.54) is 0 Å². The van der Waals surface area contributed by atoms with Crippen molar-refractivity contribution in [2.45, 2.75) is 57.1 Å². The van der Waals surface area contributed by atoms with Gasteiger partial charge in [0.15, 0.2) is 0 Å². The molecular formula is C20H25N3O2. The van der Waals surface area contributed by atoms with Crippen molar-refractivity contribution in [2.75, 3.05) is 0 Å². The zero-order valence-corrected chi connectivity index (χ0v) is 14.6. The summed E-state index contributed by atoms with van der Waals surface area (Å²) in [5.74, 6) is 0.0531. The molecule has 1 atom stereocenters. The van der Waals surface area contributed by atoms with Gasteiger partial charge >= 0.3 is 6.01 Å². The second-order valence-electron chi connectivity index (χ2n) is 6.50. The van der Waals surface area contributed by atoms with Crippen LogP contribution in [0.1, 0.15) is 50.5 Å². The molecule has 2 aromatic rings. The number of hydrogen-bond donors (Lipinski definition) is 1. The minimum atomic E-state index is -0.0760. The van der Waals surface area contributed by atoms with Crippen LogP contribution < -0.4 is 10.1 Å². The molecule has 1 heterocycles. The van der Waals surface area contributed by atoms with E-state index in [-0.39, 0.29) is 24.0 Å². The van der Waals surface area contributed by atoms with Gasteiger partial charge in [0.25, 0.3) is 0 Å². The van der Waals surface area contributed by atoms with Crippen molar-refractivity contribution in [3.05, 3.63) is 54.4 Å². The molecule has 1 saturated carbocycles. The van der Waals surface area contributed by atoms with Gasteiger partial charge in [0.1, 0.15) is 6.10 Å². The number of benzene rings is 1. The maximum atomic E-state index is 12.7. The van der Waals surface area contributed by atoms with Crippen molar-refractivity contribution < 1.29 is 9.53 Å². The van der Waals surface area contributed by atoms with Crippen LogP contribution in [0.5, 0.6) is 6.01 Å². The molecule has 0 spiro atoms. The number of nitrogens with one attached hydrogen (secondary N) is 1. The summed E-state index contributed by atoms with van der Waals surface area (Å²) in [6, 6.07) is 12.4. The molecule has 0 radical (unpaired) electrons. The summed E-state index contributed by atoms with van der Waals surface area (Å²) in [6.45, 7) is 2.06. The van der Waals surface area contributed by atoms with E-state index in [1.54, 1.807) is 18.5 Å². The Morgan fingerprint density at radius 3 is 2.44 bits per heavy atom. The van der Waals surface area contributed by atoms with Gasteiger partial charge < -0.3 is 10.1 Å². The van der Waals surface area contributed by atoms with Crippen molar-refractivity contribution in [3.8, 4) is 6.01 Å². The first-order valence-corrected chi connectivity index (χ1v) is 9.05. The summed E-state index contributed by atoms with van der Waals surface area (Å²) in [5.41, 5.74) is 1.08. The van der Waals surface area contributed by atoms with Gasteiger partial charge in [-0.15, -0.1) is 0 Å². The number of ether oxygens (including phenoxy) is 1. The molecule has 1 N–H and O–H groups in total. The van der Waals surface area contributed by atoms with Gasteiger partial charge in [-0.3, -0.25) is 4.79 Å². The average molecular weight is 339 g/mol. The van der Waals surface area contributed by atoms with Crippen LogP contribution in [0.2, 0.25) is 0 Å². The molecule has 5 nitrogen and oxygen atoms in total. The SMILES string of the molecule is CC[C@@H](C(=O)NC1CCC(Oc2ncccn2)CC1)c1ccccc1. The van der Waals surface area contributed by atoms with Crippen molar-refractivity contribution >= 4 is 5.91 Å². The van der Waals surface area contributed by atoms with Crippen molar-refractivity contribution in [1.29, 1.82) is 0 Å². The smallest absolute Gasteiger partial charge is 0.316 e. The number of rotatable bonds is 6. The fourth-order valence-electron chi connectivity index (χ4n) is 3.38. The molecule has 3 rings (SSSR count). The fourth-order valence-corrected chi connectivity index (χ4v) is 3.38. The number of aromatic nitrogens is 2. The second kappa shape index (κ2) is 8.60. The molecule has 1 aromatic carbocycles. The lowest BCUT2D eigenvalue weighted by Crippen LogP contribution is -2.41. The molecule has 1 aromatic heterocycles. The highest BCUT2D eigenvalue weighted by Crippen LogP contribution is 2.24. The third kappa shape index (κ3) is 4.78. The summed E-state index contributed by atoms with van der Waals surface area (Å²) in [7, 11) is 0. The van der Waals surface area contributed by atoms with E-state index in [0.717, 1.165) is 37.7 Å². The van der Waals surface area contributed by atoms with E-state index in [0.29, 0.717) is 6.01 Å². The minimum absolute atomic E-state index is 0.0760. The average Bonchev–Trinajstić information content (AvgIpc) is 2.66. The summed E-state index contributed by atoms with van der Waals surface area (Å²) in [6.07, 6.45) is 7.97. The summed E-state index contributed by atoms with van der Waals surface area (Å²) >= 11 is 0. The Morgan fingerprint density at radius 2 is 1.80 bits per heavy atom. The lowest BCUT2D eigenvalue weighted by Gasteiger charge is -2.30. The third-order valence-electron chi connectivity index (χ3n) is 4.76. The number of hydrogen-bond acceptors (Lipinski definition) is 4. The van der Waals surface area contributed by atoms with Crippen molar-refractivity contribution in [1.82, 2.24) is 15.3 Å². The number of nitrogens with zero attached hydrogens (tertiary/aromatic N) is 2. The monoisotopic (exact) mass is 339 g/mol. The highest BCUT2D eigenvalue weighted by atomic mass is 16.5. The van der Waals surface area contributed by atoms with E-state index in [9.17, 15) is 4.79 Å². The molecule has 0 aliphatic heterocycles. The number of carbonyl (C=O) groups excluding carboxylic acids is 1. The molecule has 1 aliphatic rings. The standard InChI is InChI=1S/C20H25N3O2/c1-2-18(15-7-4-3-5-8-15)19(24)23-16-9-11-17(12-10-16)25-20-21-13-6-14-22-20/h3-8,13-14,16-18H,2,9-12H2,1H3,(H,23,24)/t16?,17?,18-/m1/s1. The van der Waals surface area contributed by atoms with E-state index in [2.05, 4.69) is 22.2 Å². The van der Waals surface area contributed by atoms with Crippen LogP contribution in [0.15, 0.2) is 48.8 Å². The van der Waals surface area contributed by atoms with Gasteiger partial charge in [-0.25, -0.2) is 9.97 Å². The molecule has 0 saturated heterocycles. The van der Waals surface area contributed by atoms with Crippen LogP contribution in [-0.4, -0.2) is 28.0 Å². The zero-order chi connectivity index (χ0) is 17.5. The molecular weight excluding hydrogens is 314 g/mol. The molecule has 0 bridgehead atoms. The molecule has 25 heavy (non-hydrogen) atoms. The molecule has 1 fully saturated rings. The number of carbonyl (C=O) groups is 1. The van der Waals surface area contributed by atoms with Gasteiger partial charge in [0, 0.05) is 18.4 Å². The Kier molecular flexibility index (Phi) is 5.99. The highest BCUT2D eigenvalue weighted by Gasteiger charge is 2.26. The number of amides is 1. The van der Waals surface area contributed by atoms with Crippen molar-refractivity contribution in [2.24, 2.45) is 0 Å². The molecule has 1 amide bonds. The quantitative estimate of drug-likeness (QED) is 0.875. The summed E-state index contributed by atoms with van der Waals surface area (Å²) in [5, 5.41) is 3.23. The predicted octanol–water partition coefficient (Wildman–Crippen LogP) is 3.48. The molecule has 1 aliphatic carbocycles. The van der Waals surface area contributed by atoms with Crippen molar-refractivity contribution in [3.63, 3.8) is 0 Å². The van der Waals surface area contributed by atoms with E-state index in [1.807, 2.05) is 30.3 Å². The summed E-state index contributed by atoms with van der Waals surface area (Å²) < 4.78 is 5.81. The zero-order valence-electron chi connectivity index (χ0n) is 14.6. The van der Waals surface area contributed by atoms with E-state index < -0.39 is 0 Å². The molecule has 132 valence electrons. The third-order valence-corrected chi connectivity index (χ3v) is 4.76. The van der Waals surface area contributed by atoms with E-state index in [4.69, 9.17) is 4.74 Å². The van der Waals surface area contributed by atoms with Gasteiger partial charge in [-0.2, -0.15) is 0 Å². The van der Waals surface area contributed by atoms with Crippen LogP contribution in [0.25, 0.3) is 0 Å². The largest absolute Gasteiger partial charge is 0.460 e. The maximum Gasteiger partial charge on any atom is 0.316 e. The maximum absolute atomic E-state index is 12.7. The Bertz CT molecular complexity index is 655. The molecule has 0 unspecified atom stereocenters. The van der Waals surface area contributed by atoms with Crippen LogP contribution in [0, 0.1) is 0 Å². The first kappa shape index (κ1) is 17.4. The van der Waals surface area contributed by atoms with Gasteiger partial charge in [0.2, 0.25) is 5.91 Å². The van der Waals surface area contributed by atoms with Gasteiger partial charge in [-0.1, -0.05) is 37.3 Å². The van der Waals surface area contributed by atoms with Crippen LogP contribution in [0.3, 0.4) is 0 Å². The fraction of sp³-hybridized carbons (Fsp3) is 0.450. The topological polar surface area (TPSA) is 64.1 Å². The van der Waals surface area contributed by atoms with Gasteiger partial charge in [0.05, 0.1) is 5.92 Å². The normalized spacial score (nSPS) is 21.3. The highest BCUT2D eigenvalue weighted by molar-refractivity contribution is 5.83. The lowest BCUT2D eigenvalue weighted by molar-refractivity contribution is -0.123. The van der Waals surface area contributed by atoms with E-state index >= 15 is 0 Å².